The van der Waals surface area contributed by atoms with Crippen molar-refractivity contribution in [2.75, 3.05) is 6.54 Å². The summed E-state index contributed by atoms with van der Waals surface area (Å²) in [7, 11) is 0. The first kappa shape index (κ1) is 18.1. The van der Waals surface area contributed by atoms with E-state index in [1.165, 1.54) is 23.5 Å². The van der Waals surface area contributed by atoms with Crippen LogP contribution in [0.5, 0.6) is 0 Å². The molecular weight excluding hydrogens is 329 g/mol. The first-order valence-corrected chi connectivity index (χ1v) is 8.59. The molecule has 5 nitrogen and oxygen atoms in total. The minimum atomic E-state index is -0.541. The van der Waals surface area contributed by atoms with Gasteiger partial charge in [-0.15, -0.1) is 11.3 Å². The van der Waals surface area contributed by atoms with Crippen LogP contribution in [0.4, 0.5) is 4.39 Å². The molecule has 0 bridgehead atoms. The number of amides is 2. The summed E-state index contributed by atoms with van der Waals surface area (Å²) < 4.78 is 12.9. The molecule has 0 saturated heterocycles. The molecule has 0 aliphatic rings. The van der Waals surface area contributed by atoms with Gasteiger partial charge >= 0.3 is 0 Å². The molecule has 2 amide bonds. The van der Waals surface area contributed by atoms with E-state index in [2.05, 4.69) is 10.3 Å². The number of carbonyl (C=O) groups is 2. The van der Waals surface area contributed by atoms with Gasteiger partial charge in [0.2, 0.25) is 11.8 Å². The molecule has 7 heteroatoms. The maximum atomic E-state index is 12.9. The summed E-state index contributed by atoms with van der Waals surface area (Å²) in [5.74, 6) is -1.58. The van der Waals surface area contributed by atoms with Crippen LogP contribution in [0.25, 0.3) is 0 Å². The van der Waals surface area contributed by atoms with E-state index in [0.29, 0.717) is 6.42 Å². The molecule has 128 valence electrons. The Morgan fingerprint density at radius 2 is 2.04 bits per heavy atom. The summed E-state index contributed by atoms with van der Waals surface area (Å²) in [6.45, 7) is 2.16. The average molecular weight is 349 g/mol. The minimum Gasteiger partial charge on any atom is -0.369 e. The molecule has 2 rings (SSSR count). The van der Waals surface area contributed by atoms with E-state index in [0.717, 1.165) is 22.7 Å². The molecule has 1 aromatic heterocycles. The lowest BCUT2D eigenvalue weighted by Crippen LogP contribution is -2.37. The highest BCUT2D eigenvalue weighted by atomic mass is 32.1. The molecule has 0 aliphatic carbocycles. The van der Waals surface area contributed by atoms with Crippen molar-refractivity contribution in [2.45, 2.75) is 26.2 Å². The Bertz CT molecular complexity index is 700. The Kier molecular flexibility index (Phi) is 6.43. The monoisotopic (exact) mass is 349 g/mol. The molecule has 2 aromatic rings. The number of nitrogens with two attached hydrogens (primary N) is 1. The van der Waals surface area contributed by atoms with Gasteiger partial charge in [0.25, 0.3) is 0 Å². The third-order valence-electron chi connectivity index (χ3n) is 3.59. The zero-order valence-corrected chi connectivity index (χ0v) is 14.2. The van der Waals surface area contributed by atoms with E-state index >= 15 is 0 Å². The van der Waals surface area contributed by atoms with Crippen molar-refractivity contribution in [3.8, 4) is 0 Å². The van der Waals surface area contributed by atoms with Gasteiger partial charge in [-0.25, -0.2) is 9.37 Å². The molecule has 24 heavy (non-hydrogen) atoms. The number of rotatable bonds is 8. The second kappa shape index (κ2) is 8.54. The van der Waals surface area contributed by atoms with E-state index in [-0.39, 0.29) is 24.7 Å². The van der Waals surface area contributed by atoms with Gasteiger partial charge in [0.1, 0.15) is 5.82 Å². The lowest BCUT2D eigenvalue weighted by atomic mass is 9.98. The summed E-state index contributed by atoms with van der Waals surface area (Å²) in [6.07, 6.45) is 1.37. The number of primary amides is 1. The molecule has 0 aliphatic heterocycles. The predicted octanol–water partition coefficient (Wildman–Crippen LogP) is 1.85. The van der Waals surface area contributed by atoms with Gasteiger partial charge in [-0.2, -0.15) is 0 Å². The number of aromatic nitrogens is 1. The summed E-state index contributed by atoms with van der Waals surface area (Å²) in [6, 6.07) is 5.88. The topological polar surface area (TPSA) is 85.1 Å². The molecule has 1 atom stereocenters. The Morgan fingerprint density at radius 3 is 2.62 bits per heavy atom. The number of halogens is 1. The fourth-order valence-corrected chi connectivity index (χ4v) is 2.98. The highest BCUT2D eigenvalue weighted by Gasteiger charge is 2.17. The van der Waals surface area contributed by atoms with Crippen LogP contribution in [0.1, 0.15) is 23.2 Å². The van der Waals surface area contributed by atoms with E-state index < -0.39 is 11.8 Å². The van der Waals surface area contributed by atoms with Crippen molar-refractivity contribution in [1.82, 2.24) is 10.3 Å². The van der Waals surface area contributed by atoms with Crippen LogP contribution in [0.15, 0.2) is 29.6 Å². The van der Waals surface area contributed by atoms with Crippen molar-refractivity contribution in [2.24, 2.45) is 11.7 Å². The Morgan fingerprint density at radius 1 is 1.33 bits per heavy atom. The smallest absolute Gasteiger partial charge is 0.226 e. The normalized spacial score (nSPS) is 11.9. The van der Waals surface area contributed by atoms with Crippen LogP contribution in [0.2, 0.25) is 0 Å². The third kappa shape index (κ3) is 5.42. The van der Waals surface area contributed by atoms with Gasteiger partial charge in [-0.1, -0.05) is 19.1 Å². The van der Waals surface area contributed by atoms with Crippen LogP contribution in [-0.2, 0) is 28.9 Å². The molecule has 3 N–H and O–H groups in total. The van der Waals surface area contributed by atoms with Gasteiger partial charge < -0.3 is 11.1 Å². The number of nitrogens with one attached hydrogen (secondary N) is 1. The maximum absolute atomic E-state index is 12.9. The van der Waals surface area contributed by atoms with Crippen LogP contribution >= 0.6 is 11.3 Å². The largest absolute Gasteiger partial charge is 0.369 e. The van der Waals surface area contributed by atoms with Crippen molar-refractivity contribution < 1.29 is 14.0 Å². The van der Waals surface area contributed by atoms with Gasteiger partial charge in [-0.3, -0.25) is 9.59 Å². The number of hydrogen-bond acceptors (Lipinski definition) is 4. The quantitative estimate of drug-likeness (QED) is 0.763. The number of carbonyl (C=O) groups excluding carboxylic acids is 2. The molecule has 0 radical (unpaired) electrons. The minimum absolute atomic E-state index is 0.149. The fraction of sp³-hybridized carbons (Fsp3) is 0.353. The number of hydrogen-bond donors (Lipinski definition) is 2. The third-order valence-corrected chi connectivity index (χ3v) is 4.63. The second-order valence-corrected chi connectivity index (χ2v) is 6.44. The summed E-state index contributed by atoms with van der Waals surface area (Å²) in [5, 5.41) is 5.58. The van der Waals surface area contributed by atoms with Gasteiger partial charge in [0.05, 0.1) is 23.0 Å². The molecule has 0 saturated carbocycles. The van der Waals surface area contributed by atoms with Gasteiger partial charge in [0.15, 0.2) is 0 Å². The fourth-order valence-electron chi connectivity index (χ4n) is 2.23. The van der Waals surface area contributed by atoms with Crippen molar-refractivity contribution >= 4 is 23.2 Å². The van der Waals surface area contributed by atoms with E-state index in [1.54, 1.807) is 12.1 Å². The maximum Gasteiger partial charge on any atom is 0.226 e. The number of thiazole rings is 1. The highest BCUT2D eigenvalue weighted by Crippen LogP contribution is 2.12. The molecule has 1 aromatic carbocycles. The molecular formula is C17H20FN3O2S. The molecule has 0 fully saturated rings. The summed E-state index contributed by atoms with van der Waals surface area (Å²) in [4.78, 5) is 27.9. The second-order valence-electron chi connectivity index (χ2n) is 5.50. The predicted molar refractivity (Wildman–Crippen MR) is 91.0 cm³/mol. The highest BCUT2D eigenvalue weighted by molar-refractivity contribution is 7.09. The number of benzene rings is 1. The van der Waals surface area contributed by atoms with Crippen molar-refractivity contribution in [1.29, 1.82) is 0 Å². The Balaban J connectivity index is 1.87. The van der Waals surface area contributed by atoms with Gasteiger partial charge in [0, 0.05) is 11.9 Å². The average Bonchev–Trinajstić information content (AvgIpc) is 3.00. The number of aryl methyl sites for hydroxylation is 1. The first-order chi connectivity index (χ1) is 11.5. The first-order valence-electron chi connectivity index (χ1n) is 7.71. The number of nitrogens with zero attached hydrogens (tertiary/aromatic N) is 1. The summed E-state index contributed by atoms with van der Waals surface area (Å²) >= 11 is 1.53. The lowest BCUT2D eigenvalue weighted by Gasteiger charge is -2.14. The summed E-state index contributed by atoms with van der Waals surface area (Å²) in [5.41, 5.74) is 6.92. The molecule has 0 spiro atoms. The zero-order valence-electron chi connectivity index (χ0n) is 13.4. The standard InChI is InChI=1S/C17H20FN3O2S/c1-2-16-21-14(10-24-16)8-15(22)20-9-12(17(19)23)7-11-3-5-13(18)6-4-11/h3-6,10,12H,2,7-9H2,1H3,(H2,19,23)(H,20,22)/t12-/m1/s1. The Labute approximate surface area is 144 Å². The van der Waals surface area contributed by atoms with Crippen LogP contribution in [0.3, 0.4) is 0 Å². The van der Waals surface area contributed by atoms with Crippen LogP contribution in [0, 0.1) is 11.7 Å². The van der Waals surface area contributed by atoms with Gasteiger partial charge in [-0.05, 0) is 30.5 Å². The van der Waals surface area contributed by atoms with Crippen molar-refractivity contribution in [3.63, 3.8) is 0 Å². The molecule has 0 unspecified atom stereocenters. The SMILES string of the molecule is CCc1nc(CC(=O)NC[C@@H](Cc2ccc(F)cc2)C(N)=O)cs1. The lowest BCUT2D eigenvalue weighted by molar-refractivity contribution is -0.123. The Hall–Kier alpha value is -2.28. The van der Waals surface area contributed by atoms with Crippen molar-refractivity contribution in [3.05, 3.63) is 51.7 Å². The molecule has 1 heterocycles. The van der Waals surface area contributed by atoms with Crippen LogP contribution in [-0.4, -0.2) is 23.3 Å². The van der Waals surface area contributed by atoms with E-state index in [9.17, 15) is 14.0 Å². The van der Waals surface area contributed by atoms with Crippen LogP contribution < -0.4 is 11.1 Å². The zero-order chi connectivity index (χ0) is 17.5. The van der Waals surface area contributed by atoms with E-state index in [1.807, 2.05) is 12.3 Å². The van der Waals surface area contributed by atoms with E-state index in [4.69, 9.17) is 5.73 Å².